The summed E-state index contributed by atoms with van der Waals surface area (Å²) in [5, 5.41) is 0. The molecule has 1 aliphatic carbocycles. The van der Waals surface area contributed by atoms with Crippen LogP contribution in [0.3, 0.4) is 0 Å². The topological polar surface area (TPSA) is 30.8 Å². The highest BCUT2D eigenvalue weighted by molar-refractivity contribution is 6.66. The second-order valence-electron chi connectivity index (χ2n) is 5.16. The van der Waals surface area contributed by atoms with Crippen LogP contribution in [-0.4, -0.2) is 34.0 Å². The molecule has 0 aromatic carbocycles. The molecule has 0 amide bonds. The van der Waals surface area contributed by atoms with E-state index in [2.05, 4.69) is 12.8 Å². The van der Waals surface area contributed by atoms with E-state index >= 15 is 0 Å². The van der Waals surface area contributed by atoms with Crippen LogP contribution in [0, 0.1) is 0 Å². The molecule has 1 saturated carbocycles. The standard InChI is InChI=1S/C14H29NO2Si/c1-4-16-18(3,17-5-2)13-9-12-15-14-10-7-6-8-11-14/h12,14H,4-11,13H2,1-3H3. The van der Waals surface area contributed by atoms with Gasteiger partial charge in [-0.15, -0.1) is 0 Å². The molecule has 0 bridgehead atoms. The van der Waals surface area contributed by atoms with Crippen LogP contribution in [0.1, 0.15) is 52.4 Å². The zero-order valence-corrected chi connectivity index (χ0v) is 13.3. The third-order valence-corrected chi connectivity index (χ3v) is 6.51. The first-order valence-corrected chi connectivity index (χ1v) is 10.0. The third kappa shape index (κ3) is 6.11. The van der Waals surface area contributed by atoms with Crippen LogP contribution in [-0.2, 0) is 8.85 Å². The molecule has 0 radical (unpaired) electrons. The molecule has 1 aliphatic rings. The Bertz CT molecular complexity index is 234. The molecule has 1 rings (SSSR count). The fraction of sp³-hybridized carbons (Fsp3) is 0.929. The van der Waals surface area contributed by atoms with Crippen LogP contribution in [0.4, 0.5) is 0 Å². The van der Waals surface area contributed by atoms with E-state index in [4.69, 9.17) is 13.8 Å². The minimum atomic E-state index is -1.93. The molecule has 0 aromatic heterocycles. The number of nitrogens with zero attached hydrogens (tertiary/aromatic N) is 1. The van der Waals surface area contributed by atoms with Gasteiger partial charge in [-0.3, -0.25) is 4.99 Å². The Balaban J connectivity index is 2.26. The smallest absolute Gasteiger partial charge is 0.335 e. The van der Waals surface area contributed by atoms with Gasteiger partial charge in [0.1, 0.15) is 0 Å². The monoisotopic (exact) mass is 271 g/mol. The minimum absolute atomic E-state index is 0.589. The average Bonchev–Trinajstić information content (AvgIpc) is 2.37. The van der Waals surface area contributed by atoms with Gasteiger partial charge >= 0.3 is 8.56 Å². The third-order valence-electron chi connectivity index (χ3n) is 3.52. The maximum absolute atomic E-state index is 5.82. The van der Waals surface area contributed by atoms with Crippen LogP contribution in [0.25, 0.3) is 0 Å². The lowest BCUT2D eigenvalue weighted by molar-refractivity contribution is 0.189. The number of hydrogen-bond acceptors (Lipinski definition) is 3. The molecule has 0 heterocycles. The van der Waals surface area contributed by atoms with Gasteiger partial charge in [0.2, 0.25) is 0 Å². The van der Waals surface area contributed by atoms with Gasteiger partial charge < -0.3 is 8.85 Å². The Hall–Kier alpha value is -0.193. The predicted molar refractivity (Wildman–Crippen MR) is 79.7 cm³/mol. The van der Waals surface area contributed by atoms with Crippen LogP contribution in [0.2, 0.25) is 12.6 Å². The van der Waals surface area contributed by atoms with Crippen LogP contribution in [0.15, 0.2) is 4.99 Å². The number of rotatable bonds is 8. The summed E-state index contributed by atoms with van der Waals surface area (Å²) >= 11 is 0. The maximum atomic E-state index is 5.82. The van der Waals surface area contributed by atoms with Crippen molar-refractivity contribution in [3.8, 4) is 0 Å². The van der Waals surface area contributed by atoms with E-state index in [0.717, 1.165) is 25.7 Å². The molecule has 0 spiro atoms. The number of aliphatic imine (C=N–C) groups is 1. The first-order chi connectivity index (χ1) is 8.70. The SMILES string of the molecule is CCO[Si](C)(CCC=NC1CCCCC1)OCC. The molecule has 4 heteroatoms. The van der Waals surface area contributed by atoms with Crippen LogP contribution >= 0.6 is 0 Å². The van der Waals surface area contributed by atoms with Crippen molar-refractivity contribution >= 4 is 14.8 Å². The first kappa shape index (κ1) is 15.9. The minimum Gasteiger partial charge on any atom is -0.395 e. The molecule has 0 saturated heterocycles. The summed E-state index contributed by atoms with van der Waals surface area (Å²) in [6, 6.07) is 1.61. The molecular weight excluding hydrogens is 242 g/mol. The van der Waals surface area contributed by atoms with Gasteiger partial charge in [-0.1, -0.05) is 19.3 Å². The van der Waals surface area contributed by atoms with E-state index in [1.165, 1.54) is 32.1 Å². The fourth-order valence-electron chi connectivity index (χ4n) is 2.58. The average molecular weight is 271 g/mol. The van der Waals surface area contributed by atoms with Gasteiger partial charge in [-0.2, -0.15) is 0 Å². The lowest BCUT2D eigenvalue weighted by atomic mass is 9.96. The van der Waals surface area contributed by atoms with E-state index in [1.54, 1.807) is 0 Å². The Morgan fingerprint density at radius 2 is 1.72 bits per heavy atom. The van der Waals surface area contributed by atoms with Crippen molar-refractivity contribution in [3.63, 3.8) is 0 Å². The van der Waals surface area contributed by atoms with Crippen molar-refractivity contribution < 1.29 is 8.85 Å². The van der Waals surface area contributed by atoms with Crippen molar-refractivity contribution in [1.29, 1.82) is 0 Å². The zero-order chi connectivity index (χ0) is 13.3. The summed E-state index contributed by atoms with van der Waals surface area (Å²) in [5.41, 5.74) is 0. The van der Waals surface area contributed by atoms with E-state index < -0.39 is 8.56 Å². The lowest BCUT2D eigenvalue weighted by Gasteiger charge is -2.25. The zero-order valence-electron chi connectivity index (χ0n) is 12.3. The Kier molecular flexibility index (Phi) is 7.78. The van der Waals surface area contributed by atoms with Crippen LogP contribution < -0.4 is 0 Å². The second kappa shape index (κ2) is 8.83. The highest BCUT2D eigenvalue weighted by Crippen LogP contribution is 2.20. The lowest BCUT2D eigenvalue weighted by Crippen LogP contribution is -2.38. The molecule has 18 heavy (non-hydrogen) atoms. The van der Waals surface area contributed by atoms with E-state index in [0.29, 0.717) is 6.04 Å². The summed E-state index contributed by atoms with van der Waals surface area (Å²) < 4.78 is 11.6. The second-order valence-corrected chi connectivity index (χ2v) is 8.51. The van der Waals surface area contributed by atoms with Gasteiger partial charge in [-0.25, -0.2) is 0 Å². The molecule has 0 aliphatic heterocycles. The first-order valence-electron chi connectivity index (χ1n) is 7.49. The maximum Gasteiger partial charge on any atom is 0.335 e. The number of hydrogen-bond donors (Lipinski definition) is 0. The van der Waals surface area contributed by atoms with Gasteiger partial charge in [0.15, 0.2) is 0 Å². The molecule has 1 fully saturated rings. The molecular formula is C14H29NO2Si. The van der Waals surface area contributed by atoms with Gasteiger partial charge in [0, 0.05) is 19.3 Å². The molecule has 0 atom stereocenters. The summed E-state index contributed by atoms with van der Waals surface area (Å²) in [6.45, 7) is 7.75. The Morgan fingerprint density at radius 1 is 1.11 bits per heavy atom. The summed E-state index contributed by atoms with van der Waals surface area (Å²) in [4.78, 5) is 4.69. The van der Waals surface area contributed by atoms with Gasteiger partial charge in [-0.05, 0) is 51.9 Å². The van der Waals surface area contributed by atoms with Crippen molar-refractivity contribution in [2.24, 2.45) is 4.99 Å². The van der Waals surface area contributed by atoms with E-state index in [-0.39, 0.29) is 0 Å². The summed E-state index contributed by atoms with van der Waals surface area (Å²) in [6.07, 6.45) is 9.77. The van der Waals surface area contributed by atoms with E-state index in [9.17, 15) is 0 Å². The normalized spacial score (nSPS) is 18.6. The highest BCUT2D eigenvalue weighted by Gasteiger charge is 2.29. The van der Waals surface area contributed by atoms with Crippen molar-refractivity contribution in [2.75, 3.05) is 13.2 Å². The van der Waals surface area contributed by atoms with Crippen molar-refractivity contribution in [2.45, 2.75) is 71.0 Å². The van der Waals surface area contributed by atoms with Gasteiger partial charge in [0.05, 0.1) is 0 Å². The van der Waals surface area contributed by atoms with Crippen molar-refractivity contribution in [3.05, 3.63) is 0 Å². The quantitative estimate of drug-likeness (QED) is 0.495. The molecule has 0 aromatic rings. The predicted octanol–water partition coefficient (Wildman–Crippen LogP) is 3.93. The molecule has 0 N–H and O–H groups in total. The van der Waals surface area contributed by atoms with Crippen molar-refractivity contribution in [1.82, 2.24) is 0 Å². The Labute approximate surface area is 113 Å². The fourth-order valence-corrected chi connectivity index (χ4v) is 4.82. The highest BCUT2D eigenvalue weighted by atomic mass is 28.4. The molecule has 3 nitrogen and oxygen atoms in total. The van der Waals surface area contributed by atoms with Crippen LogP contribution in [0.5, 0.6) is 0 Å². The summed E-state index contributed by atoms with van der Waals surface area (Å²) in [7, 11) is -1.93. The largest absolute Gasteiger partial charge is 0.395 e. The van der Waals surface area contributed by atoms with Gasteiger partial charge in [0.25, 0.3) is 0 Å². The van der Waals surface area contributed by atoms with E-state index in [1.807, 2.05) is 13.8 Å². The molecule has 0 unspecified atom stereocenters. The molecule has 106 valence electrons. The summed E-state index contributed by atoms with van der Waals surface area (Å²) in [5.74, 6) is 0. The Morgan fingerprint density at radius 3 is 2.28 bits per heavy atom.